The molecule has 142 valence electrons. The highest BCUT2D eigenvalue weighted by molar-refractivity contribution is 5.94. The fraction of sp³-hybridized carbons (Fsp3) is 0.421. The standard InChI is InChI=1S/C19H24N6O2/c1-22-7-3-4-16(22)18-21-20-17-6-5-15(14-25(17)18)19(26)24-10-8-23(9-11-24)12-13-27-2/h3-7,14H,8-13H2,1-2H3. The van der Waals surface area contributed by atoms with Gasteiger partial charge in [0.15, 0.2) is 11.5 Å². The molecule has 1 aliphatic rings. The van der Waals surface area contributed by atoms with E-state index in [-0.39, 0.29) is 5.91 Å². The average molecular weight is 368 g/mol. The van der Waals surface area contributed by atoms with Crippen molar-refractivity contribution in [2.45, 2.75) is 0 Å². The van der Waals surface area contributed by atoms with Crippen LogP contribution in [0.15, 0.2) is 36.7 Å². The van der Waals surface area contributed by atoms with Gasteiger partial charge >= 0.3 is 0 Å². The molecule has 27 heavy (non-hydrogen) atoms. The number of carbonyl (C=O) groups excluding carboxylic acids is 1. The highest BCUT2D eigenvalue weighted by Gasteiger charge is 2.23. The molecule has 8 nitrogen and oxygen atoms in total. The van der Waals surface area contributed by atoms with E-state index in [9.17, 15) is 4.79 Å². The van der Waals surface area contributed by atoms with Crippen LogP contribution in [0.5, 0.6) is 0 Å². The summed E-state index contributed by atoms with van der Waals surface area (Å²) in [4.78, 5) is 17.2. The van der Waals surface area contributed by atoms with Crippen LogP contribution in [-0.4, -0.2) is 81.3 Å². The smallest absolute Gasteiger partial charge is 0.255 e. The molecular formula is C19H24N6O2. The number of aromatic nitrogens is 4. The molecule has 0 bridgehead atoms. The van der Waals surface area contributed by atoms with Crippen molar-refractivity contribution in [2.75, 3.05) is 46.4 Å². The molecule has 0 aliphatic carbocycles. The fourth-order valence-corrected chi connectivity index (χ4v) is 3.46. The van der Waals surface area contributed by atoms with Crippen LogP contribution in [-0.2, 0) is 11.8 Å². The first-order valence-electron chi connectivity index (χ1n) is 9.14. The number of nitrogens with zero attached hydrogens (tertiary/aromatic N) is 6. The molecule has 1 aliphatic heterocycles. The number of carbonyl (C=O) groups is 1. The van der Waals surface area contributed by atoms with Gasteiger partial charge in [-0.15, -0.1) is 10.2 Å². The first-order valence-corrected chi connectivity index (χ1v) is 9.14. The topological polar surface area (TPSA) is 67.9 Å². The van der Waals surface area contributed by atoms with Crippen molar-refractivity contribution in [3.05, 3.63) is 42.2 Å². The number of piperazine rings is 1. The molecule has 0 N–H and O–H groups in total. The molecule has 4 heterocycles. The van der Waals surface area contributed by atoms with Gasteiger partial charge in [-0.3, -0.25) is 14.1 Å². The molecule has 0 atom stereocenters. The van der Waals surface area contributed by atoms with Crippen LogP contribution in [0.25, 0.3) is 17.2 Å². The molecule has 0 radical (unpaired) electrons. The van der Waals surface area contributed by atoms with Crippen molar-refractivity contribution in [1.82, 2.24) is 29.0 Å². The lowest BCUT2D eigenvalue weighted by molar-refractivity contribution is 0.0594. The normalized spacial score (nSPS) is 15.6. The number of hydrogen-bond acceptors (Lipinski definition) is 5. The number of fused-ring (bicyclic) bond motifs is 1. The van der Waals surface area contributed by atoms with Crippen LogP contribution in [0, 0.1) is 0 Å². The number of ether oxygens (including phenoxy) is 1. The summed E-state index contributed by atoms with van der Waals surface area (Å²) < 4.78 is 9.01. The second-order valence-corrected chi connectivity index (χ2v) is 6.80. The summed E-state index contributed by atoms with van der Waals surface area (Å²) in [6.45, 7) is 4.84. The average Bonchev–Trinajstić information content (AvgIpc) is 3.31. The first-order chi connectivity index (χ1) is 13.2. The molecule has 8 heteroatoms. The highest BCUT2D eigenvalue weighted by atomic mass is 16.5. The van der Waals surface area contributed by atoms with E-state index in [4.69, 9.17) is 4.74 Å². The molecule has 0 aromatic carbocycles. The fourth-order valence-electron chi connectivity index (χ4n) is 3.46. The van der Waals surface area contributed by atoms with Gasteiger partial charge in [-0.2, -0.15) is 0 Å². The summed E-state index contributed by atoms with van der Waals surface area (Å²) in [5.74, 6) is 0.784. The Hall–Kier alpha value is -2.71. The van der Waals surface area contributed by atoms with Crippen LogP contribution in [0.2, 0.25) is 0 Å². The Balaban J connectivity index is 1.54. The Bertz CT molecular complexity index is 939. The van der Waals surface area contributed by atoms with Gasteiger partial charge in [0.25, 0.3) is 5.91 Å². The summed E-state index contributed by atoms with van der Waals surface area (Å²) in [7, 11) is 3.68. The van der Waals surface area contributed by atoms with E-state index in [1.165, 1.54) is 0 Å². The van der Waals surface area contributed by atoms with Gasteiger partial charge in [-0.25, -0.2) is 0 Å². The van der Waals surface area contributed by atoms with Gasteiger partial charge in [-0.05, 0) is 24.3 Å². The van der Waals surface area contributed by atoms with Crippen molar-refractivity contribution in [2.24, 2.45) is 7.05 Å². The Morgan fingerprint density at radius 2 is 1.96 bits per heavy atom. The minimum atomic E-state index is 0.0508. The molecule has 3 aromatic rings. The number of aryl methyl sites for hydroxylation is 1. The third kappa shape index (κ3) is 3.45. The zero-order valence-corrected chi connectivity index (χ0v) is 15.7. The van der Waals surface area contributed by atoms with Gasteiger partial charge in [0.05, 0.1) is 17.9 Å². The molecule has 1 saturated heterocycles. The maximum Gasteiger partial charge on any atom is 0.255 e. The Morgan fingerprint density at radius 3 is 2.67 bits per heavy atom. The lowest BCUT2D eigenvalue weighted by Gasteiger charge is -2.34. The Morgan fingerprint density at radius 1 is 1.15 bits per heavy atom. The summed E-state index contributed by atoms with van der Waals surface area (Å²) in [5.41, 5.74) is 2.34. The van der Waals surface area contributed by atoms with Crippen molar-refractivity contribution in [3.63, 3.8) is 0 Å². The van der Waals surface area contributed by atoms with E-state index >= 15 is 0 Å². The predicted molar refractivity (Wildman–Crippen MR) is 102 cm³/mol. The van der Waals surface area contributed by atoms with Crippen LogP contribution in [0.1, 0.15) is 10.4 Å². The first kappa shape index (κ1) is 17.7. The molecule has 4 rings (SSSR count). The summed E-state index contributed by atoms with van der Waals surface area (Å²) in [6, 6.07) is 7.64. The number of methoxy groups -OCH3 is 1. The van der Waals surface area contributed by atoms with E-state index in [1.807, 2.05) is 57.6 Å². The van der Waals surface area contributed by atoms with Gasteiger partial charge in [0.2, 0.25) is 0 Å². The largest absolute Gasteiger partial charge is 0.383 e. The van der Waals surface area contributed by atoms with E-state index < -0.39 is 0 Å². The Kier molecular flexibility index (Phi) is 4.91. The van der Waals surface area contributed by atoms with Crippen LogP contribution >= 0.6 is 0 Å². The molecule has 1 amide bonds. The predicted octanol–water partition coefficient (Wildman–Crippen LogP) is 1.14. The lowest BCUT2D eigenvalue weighted by Crippen LogP contribution is -2.49. The molecule has 0 unspecified atom stereocenters. The second-order valence-electron chi connectivity index (χ2n) is 6.80. The van der Waals surface area contributed by atoms with E-state index in [0.29, 0.717) is 5.56 Å². The number of amides is 1. The molecular weight excluding hydrogens is 344 g/mol. The van der Waals surface area contributed by atoms with Crippen LogP contribution in [0.4, 0.5) is 0 Å². The van der Waals surface area contributed by atoms with Gasteiger partial charge in [0.1, 0.15) is 0 Å². The summed E-state index contributed by atoms with van der Waals surface area (Å²) in [6.07, 6.45) is 3.81. The van der Waals surface area contributed by atoms with Gasteiger partial charge < -0.3 is 14.2 Å². The monoisotopic (exact) mass is 368 g/mol. The summed E-state index contributed by atoms with van der Waals surface area (Å²) in [5, 5.41) is 8.52. The zero-order chi connectivity index (χ0) is 18.8. The highest BCUT2D eigenvalue weighted by Crippen LogP contribution is 2.19. The third-order valence-electron chi connectivity index (χ3n) is 5.09. The van der Waals surface area contributed by atoms with Gasteiger partial charge in [-0.1, -0.05) is 0 Å². The molecule has 1 fully saturated rings. The molecule has 0 saturated carbocycles. The quantitative estimate of drug-likeness (QED) is 0.676. The van der Waals surface area contributed by atoms with E-state index in [1.54, 1.807) is 7.11 Å². The van der Waals surface area contributed by atoms with E-state index in [0.717, 1.165) is 56.5 Å². The molecule has 0 spiro atoms. The number of pyridine rings is 1. The number of rotatable bonds is 5. The van der Waals surface area contributed by atoms with Gasteiger partial charge in [0, 0.05) is 59.3 Å². The maximum absolute atomic E-state index is 13.0. The van der Waals surface area contributed by atoms with Crippen LogP contribution < -0.4 is 0 Å². The minimum absolute atomic E-state index is 0.0508. The molecule has 3 aromatic heterocycles. The maximum atomic E-state index is 13.0. The summed E-state index contributed by atoms with van der Waals surface area (Å²) >= 11 is 0. The second kappa shape index (κ2) is 7.50. The van der Waals surface area contributed by atoms with Crippen molar-refractivity contribution in [3.8, 4) is 11.5 Å². The SMILES string of the molecule is COCCN1CCN(C(=O)c2ccc3nnc(-c4cccn4C)n3c2)CC1. The third-order valence-corrected chi connectivity index (χ3v) is 5.09. The van der Waals surface area contributed by atoms with Crippen molar-refractivity contribution < 1.29 is 9.53 Å². The minimum Gasteiger partial charge on any atom is -0.383 e. The number of hydrogen-bond donors (Lipinski definition) is 0. The van der Waals surface area contributed by atoms with Crippen molar-refractivity contribution >= 4 is 11.6 Å². The van der Waals surface area contributed by atoms with E-state index in [2.05, 4.69) is 15.1 Å². The van der Waals surface area contributed by atoms with Crippen LogP contribution in [0.3, 0.4) is 0 Å². The van der Waals surface area contributed by atoms with Crippen molar-refractivity contribution in [1.29, 1.82) is 0 Å². The zero-order valence-electron chi connectivity index (χ0n) is 15.7. The lowest BCUT2D eigenvalue weighted by atomic mass is 10.2. The Labute approximate surface area is 158 Å².